The van der Waals surface area contributed by atoms with E-state index in [-0.39, 0.29) is 5.78 Å². The highest BCUT2D eigenvalue weighted by molar-refractivity contribution is 9.10. The summed E-state index contributed by atoms with van der Waals surface area (Å²) in [5.41, 5.74) is 7.05. The summed E-state index contributed by atoms with van der Waals surface area (Å²) in [5, 5.41) is 0.356. The third-order valence-corrected chi connectivity index (χ3v) is 4.12. The monoisotopic (exact) mass is 367 g/mol. The van der Waals surface area contributed by atoms with Gasteiger partial charge in [-0.1, -0.05) is 11.6 Å². The summed E-state index contributed by atoms with van der Waals surface area (Å²) in [5.74, 6) is 1.02. The van der Waals surface area contributed by atoms with Crippen molar-refractivity contribution in [3.63, 3.8) is 0 Å². The summed E-state index contributed by atoms with van der Waals surface area (Å²) in [6.07, 6.45) is 0. The number of carbonyl (C=O) groups excluding carboxylic acids is 1. The molecule has 0 unspecified atom stereocenters. The fourth-order valence-electron chi connectivity index (χ4n) is 2.06. The zero-order chi connectivity index (χ0) is 15.0. The molecule has 4 nitrogen and oxygen atoms in total. The van der Waals surface area contributed by atoms with Crippen LogP contribution in [0.1, 0.15) is 15.9 Å². The van der Waals surface area contributed by atoms with Gasteiger partial charge in [-0.25, -0.2) is 0 Å². The molecule has 1 aliphatic heterocycles. The number of benzene rings is 2. The Morgan fingerprint density at radius 1 is 1.14 bits per heavy atom. The average Bonchev–Trinajstić information content (AvgIpc) is 2.48. The fourth-order valence-corrected chi connectivity index (χ4v) is 2.74. The van der Waals surface area contributed by atoms with Gasteiger partial charge in [0.05, 0.1) is 10.7 Å². The standard InChI is InChI=1S/C15H11BrClNO3/c16-10-7-14-13(20-3-4-21-14)6-9(10)15(19)8-1-2-12(18)11(17)5-8/h1-2,5-7H,3-4,18H2. The van der Waals surface area contributed by atoms with Crippen molar-refractivity contribution >= 4 is 39.0 Å². The summed E-state index contributed by atoms with van der Waals surface area (Å²) < 4.78 is 11.6. The van der Waals surface area contributed by atoms with Gasteiger partial charge in [-0.15, -0.1) is 0 Å². The third kappa shape index (κ3) is 2.71. The molecular weight excluding hydrogens is 358 g/mol. The van der Waals surface area contributed by atoms with Gasteiger partial charge >= 0.3 is 0 Å². The van der Waals surface area contributed by atoms with Gasteiger partial charge in [-0.05, 0) is 46.3 Å². The summed E-state index contributed by atoms with van der Waals surface area (Å²) >= 11 is 9.36. The number of fused-ring (bicyclic) bond motifs is 1. The molecule has 0 fully saturated rings. The van der Waals surface area contributed by atoms with Gasteiger partial charge < -0.3 is 15.2 Å². The van der Waals surface area contributed by atoms with Crippen LogP contribution in [0.4, 0.5) is 5.69 Å². The topological polar surface area (TPSA) is 61.6 Å². The molecule has 2 aromatic carbocycles. The predicted molar refractivity (Wildman–Crippen MR) is 84.4 cm³/mol. The number of anilines is 1. The van der Waals surface area contributed by atoms with Crippen LogP contribution in [0.3, 0.4) is 0 Å². The molecule has 0 spiro atoms. The maximum absolute atomic E-state index is 12.6. The lowest BCUT2D eigenvalue weighted by molar-refractivity contribution is 0.103. The SMILES string of the molecule is Nc1ccc(C(=O)c2cc3c(cc2Br)OCCO3)cc1Cl. The Morgan fingerprint density at radius 2 is 1.81 bits per heavy atom. The smallest absolute Gasteiger partial charge is 0.194 e. The van der Waals surface area contributed by atoms with Crippen LogP contribution in [0.2, 0.25) is 5.02 Å². The lowest BCUT2D eigenvalue weighted by Crippen LogP contribution is -2.16. The predicted octanol–water partition coefficient (Wildman–Crippen LogP) is 3.69. The number of hydrogen-bond acceptors (Lipinski definition) is 4. The molecule has 3 rings (SSSR count). The van der Waals surface area contributed by atoms with Gasteiger partial charge in [-0.3, -0.25) is 4.79 Å². The van der Waals surface area contributed by atoms with Gasteiger partial charge in [-0.2, -0.15) is 0 Å². The molecule has 0 atom stereocenters. The van der Waals surface area contributed by atoms with Crippen molar-refractivity contribution in [2.75, 3.05) is 18.9 Å². The van der Waals surface area contributed by atoms with Gasteiger partial charge in [0.15, 0.2) is 17.3 Å². The zero-order valence-corrected chi connectivity index (χ0v) is 13.2. The van der Waals surface area contributed by atoms with Crippen LogP contribution in [0.15, 0.2) is 34.8 Å². The molecule has 1 aliphatic rings. The number of halogens is 2. The van der Waals surface area contributed by atoms with Crippen LogP contribution in [-0.4, -0.2) is 19.0 Å². The number of ketones is 1. The second kappa shape index (κ2) is 5.58. The highest BCUT2D eigenvalue weighted by Crippen LogP contribution is 2.36. The molecule has 0 saturated carbocycles. The molecule has 0 saturated heterocycles. The average molecular weight is 369 g/mol. The number of carbonyl (C=O) groups is 1. The van der Waals surface area contributed by atoms with Crippen molar-refractivity contribution < 1.29 is 14.3 Å². The summed E-state index contributed by atoms with van der Waals surface area (Å²) in [6.45, 7) is 0.969. The number of nitrogens with two attached hydrogens (primary N) is 1. The second-order valence-corrected chi connectivity index (χ2v) is 5.80. The van der Waals surface area contributed by atoms with Crippen molar-refractivity contribution in [3.8, 4) is 11.5 Å². The number of nitrogen functional groups attached to an aromatic ring is 1. The molecule has 0 bridgehead atoms. The Labute approximate surface area is 134 Å². The lowest BCUT2D eigenvalue weighted by atomic mass is 10.0. The van der Waals surface area contributed by atoms with Crippen molar-refractivity contribution in [1.29, 1.82) is 0 Å². The Balaban J connectivity index is 2.03. The molecule has 108 valence electrons. The molecule has 1 heterocycles. The normalized spacial score (nSPS) is 13.0. The van der Waals surface area contributed by atoms with E-state index >= 15 is 0 Å². The van der Waals surface area contributed by atoms with E-state index in [0.717, 1.165) is 0 Å². The van der Waals surface area contributed by atoms with Gasteiger partial charge in [0.1, 0.15) is 13.2 Å². The Hall–Kier alpha value is -1.72. The van der Waals surface area contributed by atoms with E-state index in [1.54, 1.807) is 30.3 Å². The van der Waals surface area contributed by atoms with E-state index in [9.17, 15) is 4.79 Å². The van der Waals surface area contributed by atoms with E-state index in [1.165, 1.54) is 0 Å². The minimum Gasteiger partial charge on any atom is -0.486 e. The first kappa shape index (κ1) is 14.2. The Bertz CT molecular complexity index is 733. The first-order chi connectivity index (χ1) is 10.1. The maximum Gasteiger partial charge on any atom is 0.194 e. The number of ether oxygens (including phenoxy) is 2. The highest BCUT2D eigenvalue weighted by atomic mass is 79.9. The highest BCUT2D eigenvalue weighted by Gasteiger charge is 2.20. The summed E-state index contributed by atoms with van der Waals surface area (Å²) in [7, 11) is 0. The Kier molecular flexibility index (Phi) is 3.78. The van der Waals surface area contributed by atoms with Crippen molar-refractivity contribution in [2.24, 2.45) is 0 Å². The van der Waals surface area contributed by atoms with Crippen LogP contribution in [0, 0.1) is 0 Å². The molecule has 0 amide bonds. The lowest BCUT2D eigenvalue weighted by Gasteiger charge is -2.19. The Morgan fingerprint density at radius 3 is 2.48 bits per heavy atom. The van der Waals surface area contributed by atoms with Gasteiger partial charge in [0.2, 0.25) is 0 Å². The molecule has 6 heteroatoms. The zero-order valence-electron chi connectivity index (χ0n) is 10.9. The molecule has 0 aromatic heterocycles. The quantitative estimate of drug-likeness (QED) is 0.649. The molecular formula is C15H11BrClNO3. The second-order valence-electron chi connectivity index (χ2n) is 4.54. The summed E-state index contributed by atoms with van der Waals surface area (Å²) in [6, 6.07) is 8.22. The van der Waals surface area contributed by atoms with E-state index in [0.29, 0.717) is 51.0 Å². The third-order valence-electron chi connectivity index (χ3n) is 3.14. The van der Waals surface area contributed by atoms with Crippen LogP contribution in [0.5, 0.6) is 11.5 Å². The first-order valence-corrected chi connectivity index (χ1v) is 7.42. The van der Waals surface area contributed by atoms with Crippen LogP contribution >= 0.6 is 27.5 Å². The van der Waals surface area contributed by atoms with E-state index in [2.05, 4.69) is 15.9 Å². The van der Waals surface area contributed by atoms with Crippen molar-refractivity contribution in [1.82, 2.24) is 0 Å². The molecule has 0 radical (unpaired) electrons. The molecule has 0 aliphatic carbocycles. The van der Waals surface area contributed by atoms with Crippen molar-refractivity contribution in [3.05, 3.63) is 51.0 Å². The molecule has 2 aromatic rings. The molecule has 2 N–H and O–H groups in total. The first-order valence-electron chi connectivity index (χ1n) is 6.25. The maximum atomic E-state index is 12.6. The van der Waals surface area contributed by atoms with E-state index < -0.39 is 0 Å². The van der Waals surface area contributed by atoms with Crippen LogP contribution in [-0.2, 0) is 0 Å². The fraction of sp³-hybridized carbons (Fsp3) is 0.133. The minimum absolute atomic E-state index is 0.166. The number of hydrogen-bond donors (Lipinski definition) is 1. The van der Waals surface area contributed by atoms with Crippen LogP contribution in [0.25, 0.3) is 0 Å². The molecule has 21 heavy (non-hydrogen) atoms. The van der Waals surface area contributed by atoms with E-state index in [1.807, 2.05) is 0 Å². The van der Waals surface area contributed by atoms with E-state index in [4.69, 9.17) is 26.8 Å². The minimum atomic E-state index is -0.166. The number of rotatable bonds is 2. The largest absolute Gasteiger partial charge is 0.486 e. The van der Waals surface area contributed by atoms with Gasteiger partial charge in [0.25, 0.3) is 0 Å². The summed E-state index contributed by atoms with van der Waals surface area (Å²) in [4.78, 5) is 12.6. The van der Waals surface area contributed by atoms with Crippen molar-refractivity contribution in [2.45, 2.75) is 0 Å². The van der Waals surface area contributed by atoms with Crippen LogP contribution < -0.4 is 15.2 Å². The van der Waals surface area contributed by atoms with Gasteiger partial charge in [0, 0.05) is 15.6 Å².